The Morgan fingerprint density at radius 2 is 2.04 bits per heavy atom. The molecule has 0 radical (unpaired) electrons. The van der Waals surface area contributed by atoms with Crippen LogP contribution in [0.2, 0.25) is 5.02 Å². The molecule has 0 saturated carbocycles. The molecule has 118 valence electrons. The molecule has 0 saturated heterocycles. The normalized spacial score (nSPS) is 12.3. The van der Waals surface area contributed by atoms with E-state index in [2.05, 4.69) is 20.9 Å². The van der Waals surface area contributed by atoms with Crippen LogP contribution in [0.5, 0.6) is 0 Å². The monoisotopic (exact) mass is 408 g/mol. The number of nitrogens with zero attached hydrogens (tertiary/aromatic N) is 2. The molecule has 2 aromatic carbocycles. The molecule has 1 aromatic heterocycles. The summed E-state index contributed by atoms with van der Waals surface area (Å²) < 4.78 is 1.95. The van der Waals surface area contributed by atoms with E-state index in [0.717, 1.165) is 19.7 Å². The molecule has 3 aromatic rings. The van der Waals surface area contributed by atoms with Gasteiger partial charge in [-0.05, 0) is 37.3 Å². The van der Waals surface area contributed by atoms with Crippen molar-refractivity contribution in [1.82, 2.24) is 9.88 Å². The zero-order chi connectivity index (χ0) is 16.6. The van der Waals surface area contributed by atoms with E-state index in [9.17, 15) is 4.79 Å². The highest BCUT2D eigenvalue weighted by atomic mass is 79.9. The number of carbonyl (C=O) groups excluding carboxylic acids is 1. The van der Waals surface area contributed by atoms with Crippen LogP contribution in [0.3, 0.4) is 0 Å². The predicted octanol–water partition coefficient (Wildman–Crippen LogP) is 5.55. The summed E-state index contributed by atoms with van der Waals surface area (Å²) in [5.74, 6) is -0.122. The lowest BCUT2D eigenvalue weighted by Gasteiger charge is -2.23. The summed E-state index contributed by atoms with van der Waals surface area (Å²) >= 11 is 11.2. The van der Waals surface area contributed by atoms with Gasteiger partial charge in [0, 0.05) is 11.5 Å². The van der Waals surface area contributed by atoms with Gasteiger partial charge in [0.2, 0.25) is 0 Å². The van der Waals surface area contributed by atoms with Gasteiger partial charge in [-0.1, -0.05) is 39.7 Å². The van der Waals surface area contributed by atoms with Gasteiger partial charge in [-0.2, -0.15) is 0 Å². The Kier molecular flexibility index (Phi) is 4.71. The molecule has 0 fully saturated rings. The number of halogens is 2. The van der Waals surface area contributed by atoms with Gasteiger partial charge in [0.25, 0.3) is 5.91 Å². The average Bonchev–Trinajstić information content (AvgIpc) is 2.99. The number of amides is 1. The van der Waals surface area contributed by atoms with Crippen molar-refractivity contribution in [3.8, 4) is 0 Å². The number of rotatable bonds is 3. The first-order valence-electron chi connectivity index (χ1n) is 7.05. The van der Waals surface area contributed by atoms with Crippen molar-refractivity contribution in [2.75, 3.05) is 7.05 Å². The minimum Gasteiger partial charge on any atom is -0.332 e. The van der Waals surface area contributed by atoms with Crippen LogP contribution in [0, 0.1) is 0 Å². The van der Waals surface area contributed by atoms with E-state index in [1.807, 2.05) is 37.3 Å². The summed E-state index contributed by atoms with van der Waals surface area (Å²) in [6.45, 7) is 1.97. The first-order chi connectivity index (χ1) is 11.0. The summed E-state index contributed by atoms with van der Waals surface area (Å²) in [6.07, 6.45) is 0. The zero-order valence-corrected chi connectivity index (χ0v) is 15.7. The maximum absolute atomic E-state index is 12.7. The third kappa shape index (κ3) is 3.27. The number of carbonyl (C=O) groups is 1. The zero-order valence-electron chi connectivity index (χ0n) is 12.6. The van der Waals surface area contributed by atoms with Crippen LogP contribution in [0.25, 0.3) is 10.2 Å². The van der Waals surface area contributed by atoms with Gasteiger partial charge in [-0.3, -0.25) is 4.79 Å². The van der Waals surface area contributed by atoms with E-state index in [4.69, 9.17) is 11.6 Å². The fourth-order valence-electron chi connectivity index (χ4n) is 2.26. The number of hydrogen-bond donors (Lipinski definition) is 0. The second-order valence-electron chi connectivity index (χ2n) is 5.24. The lowest BCUT2D eigenvalue weighted by Crippen LogP contribution is -2.29. The second kappa shape index (κ2) is 6.59. The Morgan fingerprint density at radius 3 is 2.78 bits per heavy atom. The number of aromatic nitrogens is 1. The molecule has 0 spiro atoms. The Labute approximate surface area is 152 Å². The molecule has 3 nitrogen and oxygen atoms in total. The fraction of sp³-hybridized carbons (Fsp3) is 0.176. The minimum atomic E-state index is -0.130. The third-order valence-electron chi connectivity index (χ3n) is 3.73. The molecule has 1 atom stereocenters. The molecular formula is C17H14BrClN2OS. The quantitative estimate of drug-likeness (QED) is 0.568. The van der Waals surface area contributed by atoms with Gasteiger partial charge < -0.3 is 4.90 Å². The van der Waals surface area contributed by atoms with E-state index >= 15 is 0 Å². The molecule has 0 aliphatic carbocycles. The molecule has 3 rings (SSSR count). The minimum absolute atomic E-state index is 0.122. The van der Waals surface area contributed by atoms with Gasteiger partial charge in [-0.15, -0.1) is 11.3 Å². The van der Waals surface area contributed by atoms with E-state index < -0.39 is 0 Å². The maximum atomic E-state index is 12.7. The molecule has 0 aliphatic heterocycles. The summed E-state index contributed by atoms with van der Waals surface area (Å²) in [4.78, 5) is 19.0. The van der Waals surface area contributed by atoms with Crippen molar-refractivity contribution >= 4 is 55.0 Å². The highest BCUT2D eigenvalue weighted by Crippen LogP contribution is 2.30. The van der Waals surface area contributed by atoms with E-state index in [1.165, 1.54) is 0 Å². The predicted molar refractivity (Wildman–Crippen MR) is 99.3 cm³/mol. The van der Waals surface area contributed by atoms with E-state index in [1.54, 1.807) is 35.4 Å². The molecule has 0 aliphatic rings. The van der Waals surface area contributed by atoms with Crippen molar-refractivity contribution < 1.29 is 4.79 Å². The number of hydrogen-bond acceptors (Lipinski definition) is 3. The molecule has 0 bridgehead atoms. The number of thiazole rings is 1. The van der Waals surface area contributed by atoms with Crippen LogP contribution < -0.4 is 0 Å². The summed E-state index contributed by atoms with van der Waals surface area (Å²) in [7, 11) is 1.77. The standard InChI is InChI=1S/C17H14BrClN2OS/c1-10(16-20-14-5-3-4-6-15(14)23-16)21(2)17(22)12-9-11(18)7-8-13(12)19/h3-10H,1-2H3/t10-/m1/s1. The molecule has 0 N–H and O–H groups in total. The molecule has 1 heterocycles. The Hall–Kier alpha value is -1.43. The Morgan fingerprint density at radius 1 is 1.30 bits per heavy atom. The number of benzene rings is 2. The van der Waals surface area contributed by atoms with Gasteiger partial charge in [-0.25, -0.2) is 4.98 Å². The summed E-state index contributed by atoms with van der Waals surface area (Å²) in [5.41, 5.74) is 1.44. The lowest BCUT2D eigenvalue weighted by molar-refractivity contribution is 0.0742. The fourth-order valence-corrected chi connectivity index (χ4v) is 3.88. The van der Waals surface area contributed by atoms with Crippen LogP contribution in [0.15, 0.2) is 46.9 Å². The molecular weight excluding hydrogens is 396 g/mol. The van der Waals surface area contributed by atoms with Gasteiger partial charge in [0.05, 0.1) is 26.8 Å². The van der Waals surface area contributed by atoms with Crippen LogP contribution >= 0.6 is 38.9 Å². The summed E-state index contributed by atoms with van der Waals surface area (Å²) in [5, 5.41) is 1.36. The van der Waals surface area contributed by atoms with Gasteiger partial charge >= 0.3 is 0 Å². The van der Waals surface area contributed by atoms with Crippen LogP contribution in [0.1, 0.15) is 28.3 Å². The van der Waals surface area contributed by atoms with Crippen molar-refractivity contribution in [3.63, 3.8) is 0 Å². The van der Waals surface area contributed by atoms with Crippen molar-refractivity contribution in [1.29, 1.82) is 0 Å². The largest absolute Gasteiger partial charge is 0.332 e. The number of fused-ring (bicyclic) bond motifs is 1. The maximum Gasteiger partial charge on any atom is 0.255 e. The Balaban J connectivity index is 1.90. The second-order valence-corrected chi connectivity index (χ2v) is 7.62. The highest BCUT2D eigenvalue weighted by molar-refractivity contribution is 9.10. The molecule has 23 heavy (non-hydrogen) atoms. The van der Waals surface area contributed by atoms with Crippen LogP contribution in [-0.2, 0) is 0 Å². The van der Waals surface area contributed by atoms with E-state index in [0.29, 0.717) is 10.6 Å². The third-order valence-corrected chi connectivity index (χ3v) is 5.76. The smallest absolute Gasteiger partial charge is 0.255 e. The van der Waals surface area contributed by atoms with Gasteiger partial charge in [0.1, 0.15) is 5.01 Å². The topological polar surface area (TPSA) is 33.2 Å². The summed E-state index contributed by atoms with van der Waals surface area (Å²) in [6, 6.07) is 13.1. The Bertz CT molecular complexity index is 847. The van der Waals surface area contributed by atoms with Crippen molar-refractivity contribution in [3.05, 3.63) is 62.5 Å². The van der Waals surface area contributed by atoms with Gasteiger partial charge in [0.15, 0.2) is 0 Å². The average molecular weight is 410 g/mol. The highest BCUT2D eigenvalue weighted by Gasteiger charge is 2.23. The molecule has 0 unspecified atom stereocenters. The van der Waals surface area contributed by atoms with Crippen molar-refractivity contribution in [2.24, 2.45) is 0 Å². The van der Waals surface area contributed by atoms with E-state index in [-0.39, 0.29) is 11.9 Å². The van der Waals surface area contributed by atoms with Crippen LogP contribution in [0.4, 0.5) is 0 Å². The number of para-hydroxylation sites is 1. The molecule has 1 amide bonds. The van der Waals surface area contributed by atoms with Crippen molar-refractivity contribution in [2.45, 2.75) is 13.0 Å². The lowest BCUT2D eigenvalue weighted by atomic mass is 10.2. The first kappa shape index (κ1) is 16.4. The van der Waals surface area contributed by atoms with Crippen LogP contribution in [-0.4, -0.2) is 22.8 Å². The first-order valence-corrected chi connectivity index (χ1v) is 9.04. The molecule has 6 heteroatoms. The SMILES string of the molecule is C[C@H](c1nc2ccccc2s1)N(C)C(=O)c1cc(Br)ccc1Cl.